The maximum atomic E-state index is 5.85. The topological polar surface area (TPSA) is 89.2 Å². The molecule has 0 radical (unpaired) electrons. The second kappa shape index (κ2) is 9.74. The van der Waals surface area contributed by atoms with Gasteiger partial charge in [0.1, 0.15) is 12.1 Å². The molecule has 1 fully saturated rings. The number of aromatic nitrogens is 4. The van der Waals surface area contributed by atoms with Gasteiger partial charge in [-0.1, -0.05) is 62.0 Å². The zero-order chi connectivity index (χ0) is 24.4. The Morgan fingerprint density at radius 3 is 2.63 bits per heavy atom. The van der Waals surface area contributed by atoms with E-state index in [-0.39, 0.29) is 11.8 Å². The summed E-state index contributed by atoms with van der Waals surface area (Å²) in [7, 11) is 0. The first-order valence-electron chi connectivity index (χ1n) is 12.0. The Balaban J connectivity index is 1.22. The first-order chi connectivity index (χ1) is 17.0. The minimum absolute atomic E-state index is 0.264. The number of piperidine rings is 1. The molecule has 1 N–H and O–H groups in total. The van der Waals surface area contributed by atoms with Gasteiger partial charge in [-0.25, -0.2) is 10.5 Å². The van der Waals surface area contributed by atoms with E-state index < -0.39 is 0 Å². The van der Waals surface area contributed by atoms with Gasteiger partial charge in [0.25, 0.3) is 5.88 Å². The number of fused-ring (bicyclic) bond motifs is 1. The molecular formula is C27H30N6O2. The minimum Gasteiger partial charge on any atom is -0.361 e. The maximum Gasteiger partial charge on any atom is 0.253 e. The lowest BCUT2D eigenvalue weighted by molar-refractivity contribution is 0.240. The van der Waals surface area contributed by atoms with Crippen molar-refractivity contribution < 1.29 is 9.36 Å². The van der Waals surface area contributed by atoms with Crippen molar-refractivity contribution >= 4 is 22.3 Å². The summed E-state index contributed by atoms with van der Waals surface area (Å²) in [5, 5.41) is 6.45. The predicted octanol–water partition coefficient (Wildman–Crippen LogP) is 5.38. The highest BCUT2D eigenvalue weighted by atomic mass is 16.7. The van der Waals surface area contributed by atoms with Crippen molar-refractivity contribution in [1.29, 1.82) is 0 Å². The molecule has 0 unspecified atom stereocenters. The van der Waals surface area contributed by atoms with Crippen molar-refractivity contribution in [3.63, 3.8) is 0 Å². The fourth-order valence-electron chi connectivity index (χ4n) is 4.38. The van der Waals surface area contributed by atoms with Gasteiger partial charge in [-0.05, 0) is 36.6 Å². The Bertz CT molecular complexity index is 1340. The Morgan fingerprint density at radius 1 is 1.11 bits per heavy atom. The molecule has 8 nitrogen and oxygen atoms in total. The van der Waals surface area contributed by atoms with Crippen molar-refractivity contribution in [1.82, 2.24) is 25.6 Å². The van der Waals surface area contributed by atoms with Crippen LogP contribution in [0.3, 0.4) is 0 Å². The number of nitrogens with zero attached hydrogens (tertiary/aromatic N) is 5. The molecule has 1 aliphatic heterocycles. The summed E-state index contributed by atoms with van der Waals surface area (Å²) in [5.41, 5.74) is 5.46. The van der Waals surface area contributed by atoms with Crippen LogP contribution >= 0.6 is 0 Å². The number of anilines is 1. The Hall–Kier alpha value is -3.94. The van der Waals surface area contributed by atoms with Crippen LogP contribution in [0.4, 0.5) is 5.82 Å². The lowest BCUT2D eigenvalue weighted by Gasteiger charge is -2.32. The molecule has 35 heavy (non-hydrogen) atoms. The fourth-order valence-corrected chi connectivity index (χ4v) is 4.38. The molecule has 0 saturated carbocycles. The van der Waals surface area contributed by atoms with E-state index >= 15 is 0 Å². The molecule has 0 bridgehead atoms. The van der Waals surface area contributed by atoms with E-state index in [4.69, 9.17) is 9.36 Å². The molecule has 1 aliphatic rings. The highest BCUT2D eigenvalue weighted by Gasteiger charge is 2.27. The van der Waals surface area contributed by atoms with Gasteiger partial charge in [-0.3, -0.25) is 0 Å². The molecule has 2 aromatic heterocycles. The van der Waals surface area contributed by atoms with E-state index in [1.807, 2.05) is 25.1 Å². The summed E-state index contributed by atoms with van der Waals surface area (Å²) in [5.74, 6) is 3.41. The molecule has 4 aromatic rings. The van der Waals surface area contributed by atoms with Gasteiger partial charge in [-0.15, -0.1) is 0 Å². The normalized spacial score (nSPS) is 14.5. The van der Waals surface area contributed by atoms with E-state index in [1.165, 1.54) is 11.7 Å². The number of benzene rings is 2. The summed E-state index contributed by atoms with van der Waals surface area (Å²) >= 11 is 0. The van der Waals surface area contributed by atoms with Crippen LogP contribution in [0.5, 0.6) is 5.88 Å². The first-order valence-corrected chi connectivity index (χ1v) is 12.0. The van der Waals surface area contributed by atoms with E-state index in [1.54, 1.807) is 0 Å². The van der Waals surface area contributed by atoms with Crippen molar-refractivity contribution in [2.45, 2.75) is 45.4 Å². The average Bonchev–Trinajstić information content (AvgIpc) is 3.39. The van der Waals surface area contributed by atoms with Crippen LogP contribution in [-0.2, 0) is 0 Å². The van der Waals surface area contributed by atoms with E-state index in [0.717, 1.165) is 60.0 Å². The summed E-state index contributed by atoms with van der Waals surface area (Å²) in [4.78, 5) is 21.6. The summed E-state index contributed by atoms with van der Waals surface area (Å²) < 4.78 is 5.52. The highest BCUT2D eigenvalue weighted by Crippen LogP contribution is 2.32. The van der Waals surface area contributed by atoms with Crippen LogP contribution in [0.15, 0.2) is 59.9 Å². The van der Waals surface area contributed by atoms with Crippen LogP contribution in [0.2, 0.25) is 0 Å². The van der Waals surface area contributed by atoms with E-state index in [2.05, 4.69) is 75.2 Å². The zero-order valence-electron chi connectivity index (χ0n) is 20.4. The number of nitrogens with one attached hydrogen (secondary N) is 1. The summed E-state index contributed by atoms with van der Waals surface area (Å²) in [6.45, 7) is 11.9. The predicted molar refractivity (Wildman–Crippen MR) is 136 cm³/mol. The smallest absolute Gasteiger partial charge is 0.253 e. The van der Waals surface area contributed by atoms with Gasteiger partial charge < -0.3 is 14.3 Å². The number of hydrogen-bond acceptors (Lipinski definition) is 8. The monoisotopic (exact) mass is 470 g/mol. The molecule has 5 rings (SSSR count). The van der Waals surface area contributed by atoms with Gasteiger partial charge in [0.05, 0.1) is 11.3 Å². The van der Waals surface area contributed by atoms with Gasteiger partial charge in [0.2, 0.25) is 5.89 Å². The molecule has 0 atom stereocenters. The summed E-state index contributed by atoms with van der Waals surface area (Å²) in [6.07, 6.45) is 3.39. The number of rotatable bonds is 7. The minimum atomic E-state index is 0.264. The van der Waals surface area contributed by atoms with Crippen molar-refractivity contribution in [3.8, 4) is 5.88 Å². The van der Waals surface area contributed by atoms with Crippen LogP contribution in [0.25, 0.3) is 16.5 Å². The standard InChI is InChI=1S/C27H30N6O2/c1-17(2)24-30-27(35-32-24)21-11-13-33(14-12-21)25-18(3)26(29-16-28-25)34-31-19(4)22-10-9-20-7-5-6-8-23(20)15-22/h5-10,15-17,21,31H,4,11-14H2,1-3H3. The third kappa shape index (κ3) is 4.82. The quantitative estimate of drug-likeness (QED) is 0.360. The van der Waals surface area contributed by atoms with E-state index in [0.29, 0.717) is 11.6 Å². The van der Waals surface area contributed by atoms with Crippen LogP contribution in [0.1, 0.15) is 61.4 Å². The lowest BCUT2D eigenvalue weighted by Crippen LogP contribution is -2.34. The molecule has 1 saturated heterocycles. The van der Waals surface area contributed by atoms with Gasteiger partial charge in [0.15, 0.2) is 5.82 Å². The highest BCUT2D eigenvalue weighted by molar-refractivity contribution is 5.85. The van der Waals surface area contributed by atoms with Crippen molar-refractivity contribution in [2.24, 2.45) is 0 Å². The average molecular weight is 471 g/mol. The number of hydrogen-bond donors (Lipinski definition) is 1. The molecule has 8 heteroatoms. The Labute approximate surface area is 205 Å². The second-order valence-corrected chi connectivity index (χ2v) is 9.28. The largest absolute Gasteiger partial charge is 0.361 e. The molecule has 0 spiro atoms. The third-order valence-electron chi connectivity index (χ3n) is 6.50. The molecule has 0 amide bonds. The van der Waals surface area contributed by atoms with Crippen LogP contribution in [-0.4, -0.2) is 33.2 Å². The SMILES string of the molecule is C=C(NOc1ncnc(N2CCC(c3nc(C(C)C)no3)CC2)c1C)c1ccc2ccccc2c1. The van der Waals surface area contributed by atoms with Crippen molar-refractivity contribution in [3.05, 3.63) is 78.2 Å². The number of hydroxylamine groups is 1. The van der Waals surface area contributed by atoms with Gasteiger partial charge in [0, 0.05) is 30.5 Å². The van der Waals surface area contributed by atoms with Crippen molar-refractivity contribution in [2.75, 3.05) is 18.0 Å². The van der Waals surface area contributed by atoms with Crippen LogP contribution in [0, 0.1) is 6.92 Å². The molecule has 3 heterocycles. The summed E-state index contributed by atoms with van der Waals surface area (Å²) in [6, 6.07) is 14.4. The fraction of sp³-hybridized carbons (Fsp3) is 0.333. The lowest BCUT2D eigenvalue weighted by atomic mass is 9.96. The third-order valence-corrected chi connectivity index (χ3v) is 6.50. The molecule has 2 aromatic carbocycles. The molecule has 180 valence electrons. The Morgan fingerprint density at radius 2 is 1.89 bits per heavy atom. The zero-order valence-corrected chi connectivity index (χ0v) is 20.4. The second-order valence-electron chi connectivity index (χ2n) is 9.28. The van der Waals surface area contributed by atoms with E-state index in [9.17, 15) is 0 Å². The first kappa shape index (κ1) is 22.8. The molecular weight excluding hydrogens is 440 g/mol. The van der Waals surface area contributed by atoms with Crippen LogP contribution < -0.4 is 15.2 Å². The van der Waals surface area contributed by atoms with Gasteiger partial charge >= 0.3 is 0 Å². The van der Waals surface area contributed by atoms with Gasteiger partial charge in [-0.2, -0.15) is 9.97 Å². The maximum absolute atomic E-state index is 5.85. The Kier molecular flexibility index (Phi) is 6.35. The molecule has 0 aliphatic carbocycles.